The summed E-state index contributed by atoms with van der Waals surface area (Å²) in [6.07, 6.45) is 4.69. The summed E-state index contributed by atoms with van der Waals surface area (Å²) in [5.41, 5.74) is -0.555. The van der Waals surface area contributed by atoms with E-state index in [2.05, 4.69) is 6.92 Å². The van der Waals surface area contributed by atoms with Gasteiger partial charge in [-0.2, -0.15) is 0 Å². The molecule has 1 unspecified atom stereocenters. The third kappa shape index (κ3) is 11.2. The maximum absolute atomic E-state index is 11.5. The van der Waals surface area contributed by atoms with Crippen LogP contribution in [-0.4, -0.2) is 71.1 Å². The van der Waals surface area contributed by atoms with Crippen LogP contribution in [0, 0.1) is 5.92 Å². The fourth-order valence-corrected chi connectivity index (χ4v) is 1.78. The zero-order valence-electron chi connectivity index (χ0n) is 12.0. The van der Waals surface area contributed by atoms with Crippen LogP contribution in [0.1, 0.15) is 66.2 Å². The van der Waals surface area contributed by atoms with Crippen LogP contribution in [-0.2, 0) is 14.3 Å². The zero-order valence-corrected chi connectivity index (χ0v) is 12.0. The Balaban J connectivity index is -0.00000144. The summed E-state index contributed by atoms with van der Waals surface area (Å²) in [7, 11) is 0. The number of rotatable bonds is 9. The molecule has 0 radical (unpaired) electrons. The molecule has 0 aromatic heterocycles. The Bertz CT molecular complexity index is 284. The molecule has 0 bridgehead atoms. The Kier molecular flexibility index (Phi) is 16.8. The summed E-state index contributed by atoms with van der Waals surface area (Å²) in [6.45, 7) is 8.03. The summed E-state index contributed by atoms with van der Waals surface area (Å²) in [4.78, 5) is 21.9. The van der Waals surface area contributed by atoms with Crippen molar-refractivity contribution in [3.05, 3.63) is 0 Å². The number of ether oxygens (including phenoxy) is 1. The molecule has 1 N–H and O–H groups in total. The molecule has 20 heavy (non-hydrogen) atoms. The van der Waals surface area contributed by atoms with E-state index < -0.39 is 24.0 Å². The minimum atomic E-state index is -1.14. The molecule has 0 amide bonds. The standard InChI is InChI=1S/C14H26O4.Li.Na.2H/c1-5-6-7-8-9-14(4,11(2)3)18-13(17)10-12(15)16;;;;/h11H,5-10H2,1-4H3,(H,15,16);;;;. The molecule has 0 spiro atoms. The molecule has 0 rings (SSSR count). The molecule has 1 atom stereocenters. The molecule has 0 aliphatic heterocycles. The van der Waals surface area contributed by atoms with Gasteiger partial charge in [0.1, 0.15) is 12.0 Å². The number of unbranched alkanes of at least 4 members (excludes halogenated alkanes) is 3. The number of hydrogen-bond acceptors (Lipinski definition) is 3. The third-order valence-electron chi connectivity index (χ3n) is 3.39. The molecule has 0 aliphatic rings. The molecule has 0 saturated heterocycles. The quantitative estimate of drug-likeness (QED) is 0.306. The van der Waals surface area contributed by atoms with Crippen LogP contribution in [0.3, 0.4) is 0 Å². The first-order valence-corrected chi connectivity index (χ1v) is 6.75. The Labute approximate surface area is 156 Å². The monoisotopic (exact) mass is 290 g/mol. The van der Waals surface area contributed by atoms with Gasteiger partial charge in [-0.3, -0.25) is 9.59 Å². The molecule has 0 fully saturated rings. The Morgan fingerprint density at radius 3 is 2.15 bits per heavy atom. The van der Waals surface area contributed by atoms with E-state index in [1.54, 1.807) is 0 Å². The van der Waals surface area contributed by atoms with Gasteiger partial charge in [-0.25, -0.2) is 0 Å². The van der Waals surface area contributed by atoms with Crippen molar-refractivity contribution in [2.45, 2.75) is 71.8 Å². The number of carbonyl (C=O) groups is 2. The summed E-state index contributed by atoms with van der Waals surface area (Å²) in [5, 5.41) is 8.56. The maximum atomic E-state index is 11.5. The van der Waals surface area contributed by atoms with Crippen molar-refractivity contribution in [3.63, 3.8) is 0 Å². The van der Waals surface area contributed by atoms with E-state index in [4.69, 9.17) is 9.84 Å². The van der Waals surface area contributed by atoms with E-state index in [1.165, 1.54) is 6.42 Å². The average Bonchev–Trinajstić information content (AvgIpc) is 2.22. The van der Waals surface area contributed by atoms with Gasteiger partial charge >= 0.3 is 60.4 Å². The van der Waals surface area contributed by atoms with Crippen molar-refractivity contribution < 1.29 is 19.4 Å². The molecule has 0 aromatic carbocycles. The number of carboxylic acid groups (broad SMARTS) is 1. The van der Waals surface area contributed by atoms with Crippen molar-refractivity contribution in [3.8, 4) is 0 Å². The van der Waals surface area contributed by atoms with E-state index in [0.717, 1.165) is 25.7 Å². The normalized spacial score (nSPS) is 12.8. The summed E-state index contributed by atoms with van der Waals surface area (Å²) in [6, 6.07) is 0. The summed E-state index contributed by atoms with van der Waals surface area (Å²) < 4.78 is 5.37. The fourth-order valence-electron chi connectivity index (χ4n) is 1.78. The van der Waals surface area contributed by atoms with E-state index in [9.17, 15) is 9.59 Å². The minimum absolute atomic E-state index is 0. The molecule has 0 aromatic rings. The van der Waals surface area contributed by atoms with Crippen LogP contribution in [0.4, 0.5) is 0 Å². The van der Waals surface area contributed by atoms with Gasteiger partial charge in [-0.1, -0.05) is 40.0 Å². The van der Waals surface area contributed by atoms with Crippen LogP contribution >= 0.6 is 0 Å². The van der Waals surface area contributed by atoms with Crippen LogP contribution in [0.5, 0.6) is 0 Å². The Morgan fingerprint density at radius 1 is 1.20 bits per heavy atom. The van der Waals surface area contributed by atoms with Gasteiger partial charge in [0.2, 0.25) is 0 Å². The topological polar surface area (TPSA) is 63.6 Å². The average molecular weight is 290 g/mol. The van der Waals surface area contributed by atoms with Gasteiger partial charge in [-0.05, 0) is 25.7 Å². The van der Waals surface area contributed by atoms with E-state index in [-0.39, 0.29) is 54.3 Å². The SMILES string of the molecule is CCCCCCC(C)(OC(=O)CC(=O)O)C(C)C.[LiH].[NaH]. The van der Waals surface area contributed by atoms with Gasteiger partial charge in [-0.15, -0.1) is 0 Å². The predicted molar refractivity (Wildman–Crippen MR) is 84.6 cm³/mol. The first-order chi connectivity index (χ1) is 8.31. The number of carboxylic acids is 1. The van der Waals surface area contributed by atoms with Gasteiger partial charge < -0.3 is 9.84 Å². The third-order valence-corrected chi connectivity index (χ3v) is 3.39. The van der Waals surface area contributed by atoms with Crippen LogP contribution < -0.4 is 0 Å². The van der Waals surface area contributed by atoms with E-state index in [1.807, 2.05) is 20.8 Å². The van der Waals surface area contributed by atoms with E-state index >= 15 is 0 Å². The Hall–Kier alpha value is 0.537. The van der Waals surface area contributed by atoms with Crippen LogP contribution in [0.15, 0.2) is 0 Å². The van der Waals surface area contributed by atoms with Crippen molar-refractivity contribution >= 4 is 60.4 Å². The van der Waals surface area contributed by atoms with Crippen LogP contribution in [0.25, 0.3) is 0 Å². The number of esters is 1. The second-order valence-corrected chi connectivity index (χ2v) is 5.32. The molecule has 110 valence electrons. The van der Waals surface area contributed by atoms with Crippen LogP contribution in [0.2, 0.25) is 0 Å². The molecular formula is C14H28LiNaO4. The van der Waals surface area contributed by atoms with Gasteiger partial charge in [0.25, 0.3) is 0 Å². The van der Waals surface area contributed by atoms with Gasteiger partial charge in [0.15, 0.2) is 0 Å². The predicted octanol–water partition coefficient (Wildman–Crippen LogP) is 2.09. The van der Waals surface area contributed by atoms with Gasteiger partial charge in [0, 0.05) is 0 Å². The first kappa shape index (κ1) is 25.5. The van der Waals surface area contributed by atoms with Crippen molar-refractivity contribution in [2.75, 3.05) is 0 Å². The zero-order chi connectivity index (χ0) is 14.2. The number of aliphatic carboxylic acids is 1. The molecule has 6 heteroatoms. The summed E-state index contributed by atoms with van der Waals surface area (Å²) in [5.74, 6) is -1.61. The first-order valence-electron chi connectivity index (χ1n) is 6.75. The number of carbonyl (C=O) groups excluding carboxylic acids is 1. The summed E-state index contributed by atoms with van der Waals surface area (Å²) >= 11 is 0. The fraction of sp³-hybridized carbons (Fsp3) is 0.857. The molecular weight excluding hydrogens is 262 g/mol. The number of hydrogen-bond donors (Lipinski definition) is 1. The van der Waals surface area contributed by atoms with Gasteiger partial charge in [0.05, 0.1) is 0 Å². The van der Waals surface area contributed by atoms with Crippen molar-refractivity contribution in [2.24, 2.45) is 5.92 Å². The van der Waals surface area contributed by atoms with Crippen molar-refractivity contribution in [1.29, 1.82) is 0 Å². The second-order valence-electron chi connectivity index (χ2n) is 5.32. The molecule has 0 heterocycles. The second kappa shape index (κ2) is 13.2. The molecule has 0 aliphatic carbocycles. The molecule has 4 nitrogen and oxygen atoms in total. The van der Waals surface area contributed by atoms with Crippen molar-refractivity contribution in [1.82, 2.24) is 0 Å². The van der Waals surface area contributed by atoms with E-state index in [0.29, 0.717) is 0 Å². The molecule has 0 saturated carbocycles. The Morgan fingerprint density at radius 2 is 1.75 bits per heavy atom.